The van der Waals surface area contributed by atoms with Crippen LogP contribution in [0.2, 0.25) is 0 Å². The monoisotopic (exact) mass is 938 g/mol. The summed E-state index contributed by atoms with van der Waals surface area (Å²) in [5.41, 5.74) is 4.86. The molecule has 1 amide bonds. The highest BCUT2D eigenvalue weighted by Crippen LogP contribution is 2.45. The number of esters is 1. The molecule has 0 aromatic heterocycles. The fourth-order valence-corrected chi connectivity index (χ4v) is 9.58. The predicted molar refractivity (Wildman–Crippen MR) is 240 cm³/mol. The molecular weight excluding hydrogens is 872 g/mol. The minimum atomic E-state index is -3.98. The molecule has 17 nitrogen and oxygen atoms in total. The Balaban J connectivity index is 1.02. The van der Waals surface area contributed by atoms with Gasteiger partial charge in [0.1, 0.15) is 12.4 Å². The van der Waals surface area contributed by atoms with Gasteiger partial charge in [0.25, 0.3) is 17.6 Å². The van der Waals surface area contributed by atoms with Gasteiger partial charge < -0.3 is 43.0 Å². The van der Waals surface area contributed by atoms with Crippen LogP contribution in [0, 0.1) is 0 Å². The van der Waals surface area contributed by atoms with E-state index in [1.54, 1.807) is 19.9 Å². The van der Waals surface area contributed by atoms with Gasteiger partial charge in [-0.1, -0.05) is 55.5 Å². The lowest BCUT2D eigenvalue weighted by Gasteiger charge is -2.38. The van der Waals surface area contributed by atoms with E-state index in [1.807, 2.05) is 31.2 Å². The quantitative estimate of drug-likeness (QED) is 0.0376. The van der Waals surface area contributed by atoms with E-state index in [4.69, 9.17) is 41.9 Å². The van der Waals surface area contributed by atoms with Crippen LogP contribution < -0.4 is 10.4 Å². The highest BCUT2D eigenvalue weighted by molar-refractivity contribution is 7.86. The molecule has 2 aliphatic carbocycles. The molecule has 1 unspecified atom stereocenters. The number of rotatable bonds is 32. The Morgan fingerprint density at radius 1 is 0.797 bits per heavy atom. The third kappa shape index (κ3) is 18.4. The van der Waals surface area contributed by atoms with E-state index in [0.29, 0.717) is 78.5 Å². The van der Waals surface area contributed by atoms with Crippen molar-refractivity contribution in [2.24, 2.45) is 0 Å². The molecule has 0 bridgehead atoms. The van der Waals surface area contributed by atoms with Crippen molar-refractivity contribution < 1.29 is 69.2 Å². The summed E-state index contributed by atoms with van der Waals surface area (Å²) < 4.78 is 87.8. The molecule has 358 valence electrons. The third-order valence-electron chi connectivity index (χ3n) is 10.4. The van der Waals surface area contributed by atoms with Crippen LogP contribution in [0.4, 0.5) is 4.79 Å². The summed E-state index contributed by atoms with van der Waals surface area (Å²) in [5.74, 6) is -0.589. The smallest absolute Gasteiger partial charge is 0.407 e. The van der Waals surface area contributed by atoms with E-state index in [0.717, 1.165) is 17.4 Å². The fraction of sp³-hybridized carbons (Fsp3) is 0.622. The van der Waals surface area contributed by atoms with Crippen molar-refractivity contribution in [1.29, 1.82) is 0 Å². The van der Waals surface area contributed by atoms with E-state index in [2.05, 4.69) is 34.7 Å². The maximum absolute atomic E-state index is 13.2. The zero-order chi connectivity index (χ0) is 46.4. The fourth-order valence-electron chi connectivity index (χ4n) is 7.52. The van der Waals surface area contributed by atoms with Gasteiger partial charge in [-0.05, 0) is 61.4 Å². The van der Waals surface area contributed by atoms with E-state index >= 15 is 0 Å². The molecule has 0 saturated heterocycles. The zero-order valence-electron chi connectivity index (χ0n) is 37.8. The van der Waals surface area contributed by atoms with Crippen molar-refractivity contribution in [3.05, 3.63) is 71.3 Å². The molecule has 2 aliphatic rings. The van der Waals surface area contributed by atoms with Crippen molar-refractivity contribution in [2.75, 3.05) is 92.1 Å². The lowest BCUT2D eigenvalue weighted by Crippen LogP contribution is -2.53. The molecule has 5 atom stereocenters. The van der Waals surface area contributed by atoms with E-state index in [-0.39, 0.29) is 62.6 Å². The minimum absolute atomic E-state index is 0.00466. The second-order valence-corrected chi connectivity index (χ2v) is 19.2. The van der Waals surface area contributed by atoms with E-state index in [9.17, 15) is 27.4 Å². The number of ether oxygens (including phenoxy) is 7. The largest absolute Gasteiger partial charge is 0.463 e. The van der Waals surface area contributed by atoms with Crippen LogP contribution in [-0.4, -0.2) is 143 Å². The summed E-state index contributed by atoms with van der Waals surface area (Å²) in [4.78, 5) is 37.7. The first-order valence-electron chi connectivity index (χ1n) is 22.1. The van der Waals surface area contributed by atoms with Crippen LogP contribution in [0.3, 0.4) is 0 Å². The predicted octanol–water partition coefficient (Wildman–Crippen LogP) is 5.94. The van der Waals surface area contributed by atoms with Crippen molar-refractivity contribution in [2.45, 2.75) is 89.6 Å². The maximum Gasteiger partial charge on any atom is 0.407 e. The SMILES string of the molecule is CCOC(=O)C1=C[C@@H](O[C@@H](CC)CCCC(=O)CCOCCOCCOCCOCCNC(=O)OCC2c3ccccc3-c3ccccc32)[C@H](NP(C)(=O)OCC)[C@@H](OS(C)(=O)=O)C1. The Labute approximate surface area is 378 Å². The number of benzene rings is 2. The first-order chi connectivity index (χ1) is 30.7. The van der Waals surface area contributed by atoms with Gasteiger partial charge in [-0.25, -0.2) is 14.7 Å². The Kier molecular flexibility index (Phi) is 23.1. The third-order valence-corrected chi connectivity index (χ3v) is 12.5. The molecule has 0 saturated carbocycles. The Hall–Kier alpha value is -3.55. The summed E-state index contributed by atoms with van der Waals surface area (Å²) in [6, 6.07) is 15.4. The normalized spacial score (nSPS) is 18.6. The van der Waals surface area contributed by atoms with E-state index in [1.165, 1.54) is 17.8 Å². The highest BCUT2D eigenvalue weighted by atomic mass is 32.2. The molecule has 19 heteroatoms. The second kappa shape index (κ2) is 27.8. The molecule has 0 spiro atoms. The van der Waals surface area contributed by atoms with Gasteiger partial charge in [0, 0.05) is 44.0 Å². The maximum atomic E-state index is 13.2. The lowest BCUT2D eigenvalue weighted by atomic mass is 9.90. The number of hydrogen-bond donors (Lipinski definition) is 2. The molecule has 2 N–H and O–H groups in total. The van der Waals surface area contributed by atoms with Crippen LogP contribution in [0.5, 0.6) is 0 Å². The van der Waals surface area contributed by atoms with Crippen LogP contribution in [-0.2, 0) is 66.1 Å². The van der Waals surface area contributed by atoms with Crippen LogP contribution in [0.25, 0.3) is 11.1 Å². The first-order valence-corrected chi connectivity index (χ1v) is 26.0. The van der Waals surface area contributed by atoms with Crippen molar-refractivity contribution >= 4 is 35.5 Å². The standard InChI is InChI=1S/C45H67N2O15PS/c1-6-35(61-41-30-33(44(49)58-7-2)31-42(62-64(5,52)53)43(41)47-63(4,51)60-8-3)15-13-14-34(48)20-22-54-24-26-56-28-29-57-27-25-55-23-21-46-45(50)59-32-40-38-18-11-9-16-36(38)37-17-10-12-19-39(37)40/h9-12,16-19,30,35,40-43H,6-8,13-15,20-29,31-32H2,1-5H3,(H,46,50)(H,47,51)/t35-,41+,42-,43-,63?/m0/s1. The Morgan fingerprint density at radius 2 is 1.39 bits per heavy atom. The number of amides is 1. The Bertz CT molecular complexity index is 1920. The number of Topliss-reactive ketones (excluding diaryl/α,β-unsaturated/α-hetero) is 1. The zero-order valence-corrected chi connectivity index (χ0v) is 39.5. The van der Waals surface area contributed by atoms with E-state index < -0.39 is 47.9 Å². The molecular formula is C45H67N2O15PS. The molecule has 2 aromatic rings. The molecule has 0 heterocycles. The Morgan fingerprint density at radius 3 is 1.97 bits per heavy atom. The van der Waals surface area contributed by atoms with Gasteiger partial charge in [-0.2, -0.15) is 8.42 Å². The van der Waals surface area contributed by atoms with Gasteiger partial charge in [0.15, 0.2) is 0 Å². The summed E-state index contributed by atoms with van der Waals surface area (Å²) in [6.45, 7) is 10.2. The highest BCUT2D eigenvalue weighted by Gasteiger charge is 2.42. The molecule has 64 heavy (non-hydrogen) atoms. The summed E-state index contributed by atoms with van der Waals surface area (Å²) >= 11 is 0. The second-order valence-electron chi connectivity index (χ2n) is 15.4. The number of ketones is 1. The van der Waals surface area contributed by atoms with Gasteiger partial charge >= 0.3 is 12.1 Å². The number of carbonyl (C=O) groups is 3. The van der Waals surface area contributed by atoms with Gasteiger partial charge in [-0.3, -0.25) is 13.5 Å². The average Bonchev–Trinajstić information content (AvgIpc) is 3.57. The summed E-state index contributed by atoms with van der Waals surface area (Å²) in [6.07, 6.45) is 1.57. The van der Waals surface area contributed by atoms with Crippen LogP contribution in [0.15, 0.2) is 60.2 Å². The molecule has 0 fully saturated rings. The van der Waals surface area contributed by atoms with Gasteiger partial charge in [0.05, 0.1) is 96.7 Å². The number of fused-ring (bicyclic) bond motifs is 3. The number of nitrogens with one attached hydrogen (secondary N) is 2. The van der Waals surface area contributed by atoms with Crippen molar-refractivity contribution in [3.63, 3.8) is 0 Å². The van der Waals surface area contributed by atoms with Crippen LogP contribution >= 0.6 is 7.52 Å². The summed E-state index contributed by atoms with van der Waals surface area (Å²) in [7, 11) is -7.41. The van der Waals surface area contributed by atoms with Gasteiger partial charge in [0.2, 0.25) is 0 Å². The number of hydrogen-bond acceptors (Lipinski definition) is 15. The number of alkyl carbamates (subject to hydrolysis) is 1. The topological polar surface area (TPSA) is 210 Å². The van der Waals surface area contributed by atoms with Crippen LogP contribution in [0.1, 0.15) is 76.3 Å². The molecule has 2 aromatic carbocycles. The lowest BCUT2D eigenvalue weighted by molar-refractivity contribution is -0.139. The summed E-state index contributed by atoms with van der Waals surface area (Å²) in [5, 5.41) is 5.64. The van der Waals surface area contributed by atoms with Crippen molar-refractivity contribution in [1.82, 2.24) is 10.4 Å². The average molecular weight is 939 g/mol. The first kappa shape index (κ1) is 53.1. The molecule has 4 rings (SSSR count). The molecule has 0 aliphatic heterocycles. The minimum Gasteiger partial charge on any atom is -0.463 e. The number of carbonyl (C=O) groups excluding carboxylic acids is 3. The molecule has 0 radical (unpaired) electrons. The van der Waals surface area contributed by atoms with Gasteiger partial charge in [-0.15, -0.1) is 0 Å². The van der Waals surface area contributed by atoms with Crippen molar-refractivity contribution in [3.8, 4) is 11.1 Å².